The van der Waals surface area contributed by atoms with E-state index < -0.39 is 20.6 Å². The predicted molar refractivity (Wildman–Crippen MR) is 81.6 cm³/mol. The molecule has 7 nitrogen and oxygen atoms in total. The molecule has 0 radical (unpaired) electrons. The number of hydrogen-bond acceptors (Lipinski definition) is 5. The van der Waals surface area contributed by atoms with E-state index in [0.29, 0.717) is 17.3 Å². The summed E-state index contributed by atoms with van der Waals surface area (Å²) in [5.74, 6) is 0. The molecule has 1 aliphatic heterocycles. The molecule has 1 aromatic rings. The average molecular weight is 378 g/mol. The quantitative estimate of drug-likeness (QED) is 0.636. The number of halogens is 1. The zero-order chi connectivity index (χ0) is 15.6. The third-order valence-corrected chi connectivity index (χ3v) is 6.03. The normalized spacial score (nSPS) is 17.1. The maximum Gasteiger partial charge on any atom is 0.289 e. The lowest BCUT2D eigenvalue weighted by atomic mass is 10.1. The molecular weight excluding hydrogens is 362 g/mol. The largest absolute Gasteiger partial charge is 0.317 e. The standard InChI is InChI=1S/C12H16BrN3O4S/c1-15(10-4-6-14-7-5-10)21(19,20)12-8-9(13)2-3-11(12)16(17)18/h2-3,8,10,14H,4-7H2,1H3. The lowest BCUT2D eigenvalue weighted by molar-refractivity contribution is -0.387. The number of benzene rings is 1. The molecule has 1 N–H and O–H groups in total. The van der Waals surface area contributed by atoms with E-state index in [9.17, 15) is 18.5 Å². The monoisotopic (exact) mass is 377 g/mol. The van der Waals surface area contributed by atoms with E-state index in [2.05, 4.69) is 21.2 Å². The van der Waals surface area contributed by atoms with Crippen LogP contribution in [0, 0.1) is 10.1 Å². The lowest BCUT2D eigenvalue weighted by Gasteiger charge is -2.30. The molecule has 0 aliphatic carbocycles. The molecule has 1 heterocycles. The van der Waals surface area contributed by atoms with E-state index in [0.717, 1.165) is 13.1 Å². The summed E-state index contributed by atoms with van der Waals surface area (Å²) in [5, 5.41) is 14.2. The van der Waals surface area contributed by atoms with Crippen molar-refractivity contribution in [2.75, 3.05) is 20.1 Å². The van der Waals surface area contributed by atoms with Crippen LogP contribution in [0.25, 0.3) is 0 Å². The number of rotatable bonds is 4. The van der Waals surface area contributed by atoms with Gasteiger partial charge >= 0.3 is 0 Å². The summed E-state index contributed by atoms with van der Waals surface area (Å²) < 4.78 is 27.1. The number of hydrogen-bond donors (Lipinski definition) is 1. The number of nitrogens with zero attached hydrogens (tertiary/aromatic N) is 2. The van der Waals surface area contributed by atoms with Gasteiger partial charge in [-0.2, -0.15) is 4.31 Å². The fraction of sp³-hybridized carbons (Fsp3) is 0.500. The molecule has 0 aromatic heterocycles. The van der Waals surface area contributed by atoms with E-state index in [1.807, 2.05) is 0 Å². The second-order valence-corrected chi connectivity index (χ2v) is 7.75. The zero-order valence-corrected chi connectivity index (χ0v) is 13.9. The first-order valence-electron chi connectivity index (χ1n) is 6.46. The fourth-order valence-corrected chi connectivity index (χ4v) is 4.48. The minimum atomic E-state index is -3.90. The van der Waals surface area contributed by atoms with Crippen LogP contribution in [0.4, 0.5) is 5.69 Å². The molecule has 0 spiro atoms. The van der Waals surface area contributed by atoms with E-state index >= 15 is 0 Å². The van der Waals surface area contributed by atoms with Gasteiger partial charge in [-0.25, -0.2) is 8.42 Å². The number of piperidine rings is 1. The summed E-state index contributed by atoms with van der Waals surface area (Å²) >= 11 is 3.17. The van der Waals surface area contributed by atoms with Gasteiger partial charge in [-0.3, -0.25) is 10.1 Å². The minimum Gasteiger partial charge on any atom is -0.317 e. The predicted octanol–water partition coefficient (Wildman–Crippen LogP) is 1.73. The molecule has 0 saturated carbocycles. The van der Waals surface area contributed by atoms with Crippen LogP contribution in [0.1, 0.15) is 12.8 Å². The summed E-state index contributed by atoms with van der Waals surface area (Å²) in [6.45, 7) is 1.48. The Morgan fingerprint density at radius 1 is 1.38 bits per heavy atom. The fourth-order valence-electron chi connectivity index (χ4n) is 2.37. The van der Waals surface area contributed by atoms with Gasteiger partial charge < -0.3 is 5.32 Å². The lowest BCUT2D eigenvalue weighted by Crippen LogP contribution is -2.44. The summed E-state index contributed by atoms with van der Waals surface area (Å²) in [7, 11) is -2.42. The van der Waals surface area contributed by atoms with Gasteiger partial charge in [0.05, 0.1) is 4.92 Å². The highest BCUT2D eigenvalue weighted by Gasteiger charge is 2.34. The van der Waals surface area contributed by atoms with Crippen molar-refractivity contribution in [2.45, 2.75) is 23.8 Å². The van der Waals surface area contributed by atoms with Gasteiger partial charge in [-0.05, 0) is 38.1 Å². The Labute approximate surface area is 131 Å². The summed E-state index contributed by atoms with van der Waals surface area (Å²) in [6, 6.07) is 3.80. The molecule has 21 heavy (non-hydrogen) atoms. The van der Waals surface area contributed by atoms with Crippen LogP contribution >= 0.6 is 15.9 Å². The summed E-state index contributed by atoms with van der Waals surface area (Å²) in [4.78, 5) is 10.1. The smallest absolute Gasteiger partial charge is 0.289 e. The highest BCUT2D eigenvalue weighted by atomic mass is 79.9. The molecule has 1 fully saturated rings. The van der Waals surface area contributed by atoms with Crippen LogP contribution in [0.3, 0.4) is 0 Å². The average Bonchev–Trinajstić information content (AvgIpc) is 2.47. The summed E-state index contributed by atoms with van der Waals surface area (Å²) in [5.41, 5.74) is -0.404. The second kappa shape index (κ2) is 6.39. The Morgan fingerprint density at radius 2 is 2.00 bits per heavy atom. The molecule has 0 bridgehead atoms. The summed E-state index contributed by atoms with van der Waals surface area (Å²) in [6.07, 6.45) is 1.38. The van der Waals surface area contributed by atoms with E-state index in [4.69, 9.17) is 0 Å². The third-order valence-electron chi connectivity index (χ3n) is 3.60. The molecule has 1 saturated heterocycles. The van der Waals surface area contributed by atoms with Crippen molar-refractivity contribution in [3.8, 4) is 0 Å². The molecule has 0 amide bonds. The van der Waals surface area contributed by atoms with Crippen molar-refractivity contribution in [1.82, 2.24) is 9.62 Å². The number of nitro benzene ring substituents is 1. The van der Waals surface area contributed by atoms with Gasteiger partial charge in [0.15, 0.2) is 4.90 Å². The van der Waals surface area contributed by atoms with Crippen LogP contribution in [-0.4, -0.2) is 43.8 Å². The van der Waals surface area contributed by atoms with Gasteiger partial charge in [-0.1, -0.05) is 15.9 Å². The molecule has 9 heteroatoms. The molecule has 1 aliphatic rings. The van der Waals surface area contributed by atoms with E-state index in [1.54, 1.807) is 0 Å². The van der Waals surface area contributed by atoms with E-state index in [-0.39, 0.29) is 10.9 Å². The Kier molecular flexibility index (Phi) is 4.97. The second-order valence-electron chi connectivity index (χ2n) is 4.87. The first-order valence-corrected chi connectivity index (χ1v) is 8.70. The van der Waals surface area contributed by atoms with Crippen molar-refractivity contribution in [3.63, 3.8) is 0 Å². The van der Waals surface area contributed by atoms with Crippen LogP contribution in [-0.2, 0) is 10.0 Å². The molecule has 0 atom stereocenters. The van der Waals surface area contributed by atoms with Gasteiger partial charge in [0, 0.05) is 23.6 Å². The Morgan fingerprint density at radius 3 is 2.57 bits per heavy atom. The van der Waals surface area contributed by atoms with Crippen LogP contribution in [0.15, 0.2) is 27.6 Å². The number of sulfonamides is 1. The van der Waals surface area contributed by atoms with Crippen molar-refractivity contribution < 1.29 is 13.3 Å². The molecule has 116 valence electrons. The topological polar surface area (TPSA) is 92.6 Å². The van der Waals surface area contributed by atoms with Gasteiger partial charge in [-0.15, -0.1) is 0 Å². The number of nitro groups is 1. The zero-order valence-electron chi connectivity index (χ0n) is 11.5. The number of nitrogens with one attached hydrogen (secondary N) is 1. The Balaban J connectivity index is 2.43. The van der Waals surface area contributed by atoms with Crippen LogP contribution in [0.2, 0.25) is 0 Å². The van der Waals surface area contributed by atoms with Crippen LogP contribution in [0.5, 0.6) is 0 Å². The Bertz CT molecular complexity index is 644. The van der Waals surface area contributed by atoms with Crippen molar-refractivity contribution in [3.05, 3.63) is 32.8 Å². The van der Waals surface area contributed by atoms with E-state index in [1.165, 1.54) is 29.6 Å². The first kappa shape index (κ1) is 16.3. The SMILES string of the molecule is CN(C1CCNCC1)S(=O)(=O)c1cc(Br)ccc1[N+](=O)[O-]. The maximum atomic E-state index is 12.7. The highest BCUT2D eigenvalue weighted by molar-refractivity contribution is 9.10. The first-order chi connectivity index (χ1) is 9.84. The van der Waals surface area contributed by atoms with Gasteiger partial charge in [0.25, 0.3) is 5.69 Å². The Hall–Kier alpha value is -1.03. The molecular formula is C12H16BrN3O4S. The van der Waals surface area contributed by atoms with Crippen LogP contribution < -0.4 is 5.32 Å². The van der Waals surface area contributed by atoms with Gasteiger partial charge in [0.2, 0.25) is 10.0 Å². The van der Waals surface area contributed by atoms with Crippen molar-refractivity contribution in [2.24, 2.45) is 0 Å². The molecule has 0 unspecified atom stereocenters. The van der Waals surface area contributed by atoms with Crippen molar-refractivity contribution in [1.29, 1.82) is 0 Å². The molecule has 1 aromatic carbocycles. The maximum absolute atomic E-state index is 12.7. The highest BCUT2D eigenvalue weighted by Crippen LogP contribution is 2.30. The van der Waals surface area contributed by atoms with Crippen molar-refractivity contribution >= 4 is 31.6 Å². The minimum absolute atomic E-state index is 0.144. The third kappa shape index (κ3) is 3.42. The van der Waals surface area contributed by atoms with Gasteiger partial charge in [0.1, 0.15) is 0 Å². The molecule has 2 rings (SSSR count).